The van der Waals surface area contributed by atoms with Gasteiger partial charge in [0.25, 0.3) is 5.91 Å². The van der Waals surface area contributed by atoms with Gasteiger partial charge in [0.05, 0.1) is 29.6 Å². The predicted octanol–water partition coefficient (Wildman–Crippen LogP) is 4.63. The number of allylic oxidation sites excluding steroid dienone is 1. The molecule has 4 N–H and O–H groups in total. The van der Waals surface area contributed by atoms with Crippen LogP contribution >= 0.6 is 0 Å². The van der Waals surface area contributed by atoms with Gasteiger partial charge in [-0.25, -0.2) is 9.18 Å². The minimum atomic E-state index is -4.66. The number of alkyl halides is 3. The molecule has 3 aliphatic rings. The van der Waals surface area contributed by atoms with E-state index in [2.05, 4.69) is 10.1 Å². The molecule has 1 atom stereocenters. The van der Waals surface area contributed by atoms with Crippen LogP contribution in [0.2, 0.25) is 0 Å². The summed E-state index contributed by atoms with van der Waals surface area (Å²) in [6.07, 6.45) is 0.982. The summed E-state index contributed by atoms with van der Waals surface area (Å²) < 4.78 is 61.0. The minimum absolute atomic E-state index is 0.0158. The molecule has 2 amide bonds. The van der Waals surface area contributed by atoms with Crippen molar-refractivity contribution >= 4 is 17.7 Å². The Kier molecular flexibility index (Phi) is 7.80. The second-order valence-electron chi connectivity index (χ2n) is 12.9. The molecule has 1 aliphatic carbocycles. The summed E-state index contributed by atoms with van der Waals surface area (Å²) in [6, 6.07) is 2.29. The van der Waals surface area contributed by atoms with E-state index in [0.717, 1.165) is 31.4 Å². The van der Waals surface area contributed by atoms with Gasteiger partial charge in [0, 0.05) is 43.0 Å². The van der Waals surface area contributed by atoms with Gasteiger partial charge in [0.1, 0.15) is 11.4 Å². The van der Waals surface area contributed by atoms with Crippen molar-refractivity contribution in [3.8, 4) is 0 Å². The van der Waals surface area contributed by atoms with E-state index in [0.29, 0.717) is 43.4 Å². The Balaban J connectivity index is 1.32. The molecule has 1 aromatic heterocycles. The zero-order valence-electron chi connectivity index (χ0n) is 24.4. The van der Waals surface area contributed by atoms with Gasteiger partial charge in [0.15, 0.2) is 0 Å². The van der Waals surface area contributed by atoms with Crippen LogP contribution in [-0.4, -0.2) is 57.6 Å². The summed E-state index contributed by atoms with van der Waals surface area (Å²) in [5.74, 6) is -1.53. The summed E-state index contributed by atoms with van der Waals surface area (Å²) in [4.78, 5) is 31.6. The molecule has 5 rings (SSSR count). The fourth-order valence-corrected chi connectivity index (χ4v) is 6.66. The van der Waals surface area contributed by atoms with Crippen LogP contribution in [0.5, 0.6) is 0 Å². The Morgan fingerprint density at radius 3 is 2.56 bits per heavy atom. The van der Waals surface area contributed by atoms with Crippen LogP contribution in [0.1, 0.15) is 63.1 Å². The highest BCUT2D eigenvalue weighted by atomic mass is 19.4. The summed E-state index contributed by atoms with van der Waals surface area (Å²) in [5.41, 5.74) is 11.6. The van der Waals surface area contributed by atoms with E-state index in [1.807, 2.05) is 20.8 Å². The second-order valence-corrected chi connectivity index (χ2v) is 12.9. The highest BCUT2D eigenvalue weighted by Crippen LogP contribution is 2.56. The van der Waals surface area contributed by atoms with Crippen LogP contribution in [-0.2, 0) is 22.3 Å². The molecule has 232 valence electrons. The molecule has 3 heterocycles. The lowest BCUT2D eigenvalue weighted by atomic mass is 9.56. The van der Waals surface area contributed by atoms with Crippen LogP contribution in [0.15, 0.2) is 46.9 Å². The number of nitrogens with zero attached hydrogens (tertiary/aromatic N) is 4. The maximum Gasteiger partial charge on any atom is 0.416 e. The molecule has 9 nitrogen and oxygen atoms in total. The number of rotatable bonds is 5. The Labute approximate surface area is 246 Å². The van der Waals surface area contributed by atoms with Crippen LogP contribution in [0.3, 0.4) is 0 Å². The molecular formula is C30H36F4N6O3. The topological polar surface area (TPSA) is 129 Å². The van der Waals surface area contributed by atoms with E-state index in [1.54, 1.807) is 4.90 Å². The van der Waals surface area contributed by atoms with Gasteiger partial charge in [-0.3, -0.25) is 14.5 Å². The first kappa shape index (κ1) is 30.6. The first-order valence-corrected chi connectivity index (χ1v) is 14.3. The van der Waals surface area contributed by atoms with Crippen molar-refractivity contribution in [2.45, 2.75) is 64.8 Å². The van der Waals surface area contributed by atoms with Gasteiger partial charge in [0.2, 0.25) is 0 Å². The molecule has 2 aromatic rings. The van der Waals surface area contributed by atoms with E-state index >= 15 is 0 Å². The Hall–Kier alpha value is -3.90. The molecule has 1 saturated carbocycles. The third-order valence-electron chi connectivity index (χ3n) is 8.54. The normalized spacial score (nSPS) is 24.5. The van der Waals surface area contributed by atoms with E-state index in [4.69, 9.17) is 16.2 Å². The van der Waals surface area contributed by atoms with Crippen molar-refractivity contribution in [3.05, 3.63) is 64.4 Å². The zero-order valence-corrected chi connectivity index (χ0v) is 24.4. The first-order valence-electron chi connectivity index (χ1n) is 14.3. The molecular weight excluding hydrogens is 568 g/mol. The zero-order chi connectivity index (χ0) is 31.3. The van der Waals surface area contributed by atoms with Crippen molar-refractivity contribution in [2.24, 2.45) is 33.7 Å². The Morgan fingerprint density at radius 2 is 1.91 bits per heavy atom. The highest BCUT2D eigenvalue weighted by molar-refractivity contribution is 6.28. The largest absolute Gasteiger partial charge is 0.444 e. The highest BCUT2D eigenvalue weighted by Gasteiger charge is 2.52. The molecule has 1 aromatic carbocycles. The fraction of sp³-hybridized carbons (Fsp3) is 0.533. The Bertz CT molecular complexity index is 1480. The molecule has 0 bridgehead atoms. The number of carbonyl (C=O) groups excluding carboxylic acids is 2. The summed E-state index contributed by atoms with van der Waals surface area (Å²) in [6.45, 7) is 6.76. The van der Waals surface area contributed by atoms with Crippen molar-refractivity contribution in [3.63, 3.8) is 0 Å². The van der Waals surface area contributed by atoms with E-state index in [-0.39, 0.29) is 46.7 Å². The van der Waals surface area contributed by atoms with Gasteiger partial charge in [-0.2, -0.15) is 18.3 Å². The summed E-state index contributed by atoms with van der Waals surface area (Å²) in [7, 11) is 0. The summed E-state index contributed by atoms with van der Waals surface area (Å²) >= 11 is 0. The van der Waals surface area contributed by atoms with Crippen molar-refractivity contribution in [1.29, 1.82) is 0 Å². The first-order chi connectivity index (χ1) is 20.1. The molecule has 1 unspecified atom stereocenters. The number of halogens is 4. The number of likely N-dealkylation sites (tertiary alicyclic amines) is 1. The average molecular weight is 605 g/mol. The van der Waals surface area contributed by atoms with E-state index in [1.165, 1.54) is 17.1 Å². The number of primary amides is 1. The minimum Gasteiger partial charge on any atom is -0.444 e. The number of hydrogen-bond donors (Lipinski definition) is 2. The number of benzene rings is 1. The van der Waals surface area contributed by atoms with Gasteiger partial charge in [-0.1, -0.05) is 0 Å². The van der Waals surface area contributed by atoms with Crippen molar-refractivity contribution < 1.29 is 31.9 Å². The van der Waals surface area contributed by atoms with E-state index in [9.17, 15) is 27.2 Å². The predicted molar refractivity (Wildman–Crippen MR) is 150 cm³/mol. The number of nitrogens with two attached hydrogens (primary N) is 2. The van der Waals surface area contributed by atoms with Crippen LogP contribution < -0.4 is 11.5 Å². The van der Waals surface area contributed by atoms with E-state index < -0.39 is 29.1 Å². The lowest BCUT2D eigenvalue weighted by Gasteiger charge is -2.48. The fourth-order valence-electron chi connectivity index (χ4n) is 6.66. The number of amides is 2. The van der Waals surface area contributed by atoms with Crippen LogP contribution in [0.4, 0.5) is 22.4 Å². The molecule has 2 fully saturated rings. The summed E-state index contributed by atoms with van der Waals surface area (Å²) in [5, 5.41) is 4.15. The molecule has 1 spiro atoms. The van der Waals surface area contributed by atoms with Gasteiger partial charge < -0.3 is 21.1 Å². The number of aromatic nitrogens is 2. The number of ether oxygens (including phenoxy) is 1. The standard InChI is InChI=1S/C30H36F4N6O3/c1-28(2,3)43-27(42)39-9-7-29(16-39)11-18(12-29)21-6-8-37-25(23(24(21)35)26(36)41)19-13-38-40(15-19)14-17-10-20(31)4-5-22(17)30(32,33)34/h4-5,10,13,15,18,21H,6-9,11-12,14,16,35H2,1-3H3,(H2,36,41). The molecule has 1 saturated heterocycles. The number of aliphatic imine (C=N–C) groups is 1. The molecule has 13 heteroatoms. The smallest absolute Gasteiger partial charge is 0.416 e. The maximum absolute atomic E-state index is 13.8. The van der Waals surface area contributed by atoms with Crippen molar-refractivity contribution in [1.82, 2.24) is 14.7 Å². The lowest BCUT2D eigenvalue weighted by molar-refractivity contribution is -0.138. The molecule has 2 aliphatic heterocycles. The average Bonchev–Trinajstić information content (AvgIpc) is 3.47. The molecule has 43 heavy (non-hydrogen) atoms. The van der Waals surface area contributed by atoms with Crippen LogP contribution in [0, 0.1) is 23.1 Å². The maximum atomic E-state index is 13.8. The second kappa shape index (κ2) is 11.0. The Morgan fingerprint density at radius 1 is 1.19 bits per heavy atom. The third-order valence-corrected chi connectivity index (χ3v) is 8.54. The molecule has 0 radical (unpaired) electrons. The lowest BCUT2D eigenvalue weighted by Crippen LogP contribution is -2.45. The SMILES string of the molecule is CC(C)(C)OC(=O)N1CCC2(CC(C3CCN=C(c4cnn(Cc5cc(F)ccc5C(F)(F)F)c4)C(C(N)=O)=C3N)C2)C1. The van der Waals surface area contributed by atoms with Crippen LogP contribution in [0.25, 0.3) is 0 Å². The van der Waals surface area contributed by atoms with Crippen molar-refractivity contribution in [2.75, 3.05) is 19.6 Å². The monoisotopic (exact) mass is 604 g/mol. The van der Waals surface area contributed by atoms with Gasteiger partial charge in [-0.15, -0.1) is 0 Å². The van der Waals surface area contributed by atoms with Gasteiger partial charge >= 0.3 is 12.3 Å². The third kappa shape index (κ3) is 6.40. The number of carbonyl (C=O) groups is 2. The van der Waals surface area contributed by atoms with Gasteiger partial charge in [-0.05, 0) is 81.5 Å². The quantitative estimate of drug-likeness (QED) is 0.481. The number of hydrogen-bond acceptors (Lipinski definition) is 6.